The van der Waals surface area contributed by atoms with Crippen LogP contribution < -0.4 is 11.1 Å². The lowest BCUT2D eigenvalue weighted by molar-refractivity contribution is -0.385. The van der Waals surface area contributed by atoms with Crippen LogP contribution in [0.4, 0.5) is 5.69 Å². The molecule has 3 rings (SSSR count). The number of fused-ring (bicyclic) bond motifs is 1. The summed E-state index contributed by atoms with van der Waals surface area (Å²) in [4.78, 5) is 41.3. The maximum absolute atomic E-state index is 11.7. The third kappa shape index (κ3) is 2.65. The monoisotopic (exact) mass is 318 g/mol. The Morgan fingerprint density at radius 1 is 1.35 bits per heavy atom. The number of nitrogens with one attached hydrogen (secondary N) is 2. The van der Waals surface area contributed by atoms with Crippen molar-refractivity contribution in [1.82, 2.24) is 14.9 Å². The Kier molecular flexibility index (Phi) is 3.77. The smallest absolute Gasteiger partial charge is 0.314 e. The van der Waals surface area contributed by atoms with Crippen molar-refractivity contribution in [2.24, 2.45) is 0 Å². The van der Waals surface area contributed by atoms with E-state index in [-0.39, 0.29) is 11.7 Å². The number of likely N-dealkylation sites (N-methyl/N-ethyl adjacent to an activating group) is 1. The molecule has 2 aromatic rings. The SMILES string of the molecule is Cc1c([N+](=O)[O-])cc2[nH]c(=O)c(=O)[nH]c2c1CC1CCCN1C. The number of hydrogen-bond acceptors (Lipinski definition) is 5. The van der Waals surface area contributed by atoms with Crippen LogP contribution in [0.3, 0.4) is 0 Å². The molecule has 1 aromatic heterocycles. The van der Waals surface area contributed by atoms with E-state index in [4.69, 9.17) is 0 Å². The summed E-state index contributed by atoms with van der Waals surface area (Å²) in [6.07, 6.45) is 2.69. The Hall–Kier alpha value is -2.48. The van der Waals surface area contributed by atoms with Crippen molar-refractivity contribution in [3.63, 3.8) is 0 Å². The number of likely N-dealkylation sites (tertiary alicyclic amines) is 1. The van der Waals surface area contributed by atoms with Gasteiger partial charge in [-0.3, -0.25) is 19.7 Å². The van der Waals surface area contributed by atoms with Gasteiger partial charge in [-0.25, -0.2) is 0 Å². The summed E-state index contributed by atoms with van der Waals surface area (Å²) in [5.74, 6) is 0. The summed E-state index contributed by atoms with van der Waals surface area (Å²) in [5.41, 5.74) is 0.439. The van der Waals surface area contributed by atoms with Crippen LogP contribution in [0.5, 0.6) is 0 Å². The quantitative estimate of drug-likeness (QED) is 0.499. The zero-order valence-corrected chi connectivity index (χ0v) is 13.0. The van der Waals surface area contributed by atoms with Gasteiger partial charge < -0.3 is 14.9 Å². The molecule has 1 atom stereocenters. The third-order valence-electron chi connectivity index (χ3n) is 4.69. The van der Waals surface area contributed by atoms with E-state index in [2.05, 4.69) is 14.9 Å². The van der Waals surface area contributed by atoms with Gasteiger partial charge in [-0.2, -0.15) is 0 Å². The number of nitro benzene ring substituents is 1. The van der Waals surface area contributed by atoms with Crippen LogP contribution in [0.1, 0.15) is 24.0 Å². The largest absolute Gasteiger partial charge is 0.316 e. The minimum Gasteiger partial charge on any atom is -0.316 e. The van der Waals surface area contributed by atoms with E-state index < -0.39 is 16.0 Å². The molecule has 0 radical (unpaired) electrons. The Morgan fingerprint density at radius 2 is 2.04 bits per heavy atom. The van der Waals surface area contributed by atoms with Crippen LogP contribution in [0.25, 0.3) is 11.0 Å². The number of aromatic nitrogens is 2. The second-order valence-corrected chi connectivity index (χ2v) is 6.07. The molecule has 0 spiro atoms. The fourth-order valence-corrected chi connectivity index (χ4v) is 3.33. The van der Waals surface area contributed by atoms with Crippen LogP contribution in [0, 0.1) is 17.0 Å². The van der Waals surface area contributed by atoms with Crippen molar-refractivity contribution < 1.29 is 4.92 Å². The van der Waals surface area contributed by atoms with Gasteiger partial charge in [0.1, 0.15) is 0 Å². The van der Waals surface area contributed by atoms with E-state index in [1.54, 1.807) is 6.92 Å². The van der Waals surface area contributed by atoms with Gasteiger partial charge in [0.2, 0.25) is 0 Å². The highest BCUT2D eigenvalue weighted by molar-refractivity contribution is 5.82. The molecule has 2 N–H and O–H groups in total. The number of rotatable bonds is 3. The van der Waals surface area contributed by atoms with Crippen molar-refractivity contribution >= 4 is 16.7 Å². The van der Waals surface area contributed by atoms with E-state index in [1.807, 2.05) is 7.05 Å². The van der Waals surface area contributed by atoms with Gasteiger partial charge in [-0.1, -0.05) is 0 Å². The molecule has 0 amide bonds. The molecular formula is C15H18N4O4. The predicted molar refractivity (Wildman–Crippen MR) is 85.9 cm³/mol. The van der Waals surface area contributed by atoms with Crippen molar-refractivity contribution in [3.8, 4) is 0 Å². The zero-order chi connectivity index (χ0) is 16.7. The van der Waals surface area contributed by atoms with Gasteiger partial charge >= 0.3 is 11.1 Å². The summed E-state index contributed by atoms with van der Waals surface area (Å²) in [5, 5.41) is 11.3. The maximum atomic E-state index is 11.7. The van der Waals surface area contributed by atoms with Crippen LogP contribution in [-0.4, -0.2) is 39.4 Å². The molecule has 1 unspecified atom stereocenters. The van der Waals surface area contributed by atoms with Gasteiger partial charge in [-0.05, 0) is 45.3 Å². The van der Waals surface area contributed by atoms with Gasteiger partial charge in [-0.15, -0.1) is 0 Å². The van der Waals surface area contributed by atoms with Gasteiger partial charge in [0.15, 0.2) is 0 Å². The molecule has 2 heterocycles. The minimum absolute atomic E-state index is 0.0455. The van der Waals surface area contributed by atoms with E-state index in [0.717, 1.165) is 24.9 Å². The van der Waals surface area contributed by atoms with Crippen LogP contribution in [-0.2, 0) is 6.42 Å². The highest BCUT2D eigenvalue weighted by atomic mass is 16.6. The topological polar surface area (TPSA) is 112 Å². The minimum atomic E-state index is -0.806. The lowest BCUT2D eigenvalue weighted by Gasteiger charge is -2.21. The molecule has 1 fully saturated rings. The van der Waals surface area contributed by atoms with E-state index in [0.29, 0.717) is 23.0 Å². The zero-order valence-electron chi connectivity index (χ0n) is 13.0. The lowest BCUT2D eigenvalue weighted by atomic mass is 9.96. The number of aromatic amines is 2. The molecule has 0 aliphatic carbocycles. The van der Waals surface area contributed by atoms with E-state index >= 15 is 0 Å². The number of nitro groups is 1. The van der Waals surface area contributed by atoms with Gasteiger partial charge in [0.25, 0.3) is 5.69 Å². The first-order valence-electron chi connectivity index (χ1n) is 7.52. The Labute approximate surface area is 131 Å². The number of nitrogens with zero attached hydrogens (tertiary/aromatic N) is 2. The first-order chi connectivity index (χ1) is 10.9. The summed E-state index contributed by atoms with van der Waals surface area (Å²) in [7, 11) is 2.02. The standard InChI is InChI=1S/C15H18N4O4/c1-8-10(6-9-4-3-5-18(9)2)13-11(7-12(8)19(22)23)16-14(20)15(21)17-13/h7,9H,3-6H2,1-2H3,(H,16,20)(H,17,21). The molecule has 0 bridgehead atoms. The Morgan fingerprint density at radius 3 is 2.65 bits per heavy atom. The van der Waals surface area contributed by atoms with Crippen LogP contribution in [0.2, 0.25) is 0 Å². The van der Waals surface area contributed by atoms with E-state index in [9.17, 15) is 19.7 Å². The molecule has 23 heavy (non-hydrogen) atoms. The Bertz CT molecular complexity index is 899. The first kappa shape index (κ1) is 15.4. The highest BCUT2D eigenvalue weighted by Crippen LogP contribution is 2.30. The molecule has 122 valence electrons. The van der Waals surface area contributed by atoms with Gasteiger partial charge in [0, 0.05) is 17.7 Å². The normalized spacial score (nSPS) is 18.6. The number of H-pyrrole nitrogens is 2. The van der Waals surface area contributed by atoms with Gasteiger partial charge in [0.05, 0.1) is 16.0 Å². The fraction of sp³-hybridized carbons (Fsp3) is 0.467. The second-order valence-electron chi connectivity index (χ2n) is 6.07. The number of hydrogen-bond donors (Lipinski definition) is 2. The Balaban J connectivity index is 2.25. The van der Waals surface area contributed by atoms with Crippen molar-refractivity contribution in [2.75, 3.05) is 13.6 Å². The van der Waals surface area contributed by atoms with Crippen LogP contribution in [0.15, 0.2) is 15.7 Å². The average molecular weight is 318 g/mol. The highest BCUT2D eigenvalue weighted by Gasteiger charge is 2.26. The molecular weight excluding hydrogens is 300 g/mol. The van der Waals surface area contributed by atoms with Crippen molar-refractivity contribution in [3.05, 3.63) is 48.0 Å². The van der Waals surface area contributed by atoms with E-state index in [1.165, 1.54) is 6.07 Å². The van der Waals surface area contributed by atoms with Crippen molar-refractivity contribution in [2.45, 2.75) is 32.2 Å². The summed E-state index contributed by atoms with van der Waals surface area (Å²) in [6, 6.07) is 1.58. The summed E-state index contributed by atoms with van der Waals surface area (Å²) >= 11 is 0. The molecule has 1 aliphatic heterocycles. The number of benzene rings is 1. The molecule has 0 saturated carbocycles. The average Bonchev–Trinajstić information content (AvgIpc) is 2.89. The molecule has 8 nitrogen and oxygen atoms in total. The van der Waals surface area contributed by atoms with Crippen LogP contribution >= 0.6 is 0 Å². The van der Waals surface area contributed by atoms with Crippen molar-refractivity contribution in [1.29, 1.82) is 0 Å². The lowest BCUT2D eigenvalue weighted by Crippen LogP contribution is -2.31. The molecule has 1 aliphatic rings. The molecule has 1 saturated heterocycles. The fourth-order valence-electron chi connectivity index (χ4n) is 3.33. The molecule has 8 heteroatoms. The summed E-state index contributed by atoms with van der Waals surface area (Å²) in [6.45, 7) is 2.68. The maximum Gasteiger partial charge on any atom is 0.314 e. The first-order valence-corrected chi connectivity index (χ1v) is 7.52. The third-order valence-corrected chi connectivity index (χ3v) is 4.69. The second kappa shape index (κ2) is 5.62. The summed E-state index contributed by atoms with van der Waals surface area (Å²) < 4.78 is 0. The predicted octanol–water partition coefficient (Wildman–Crippen LogP) is 1.07. The molecule has 1 aromatic carbocycles.